The van der Waals surface area contributed by atoms with Gasteiger partial charge in [0.1, 0.15) is 22.5 Å². The summed E-state index contributed by atoms with van der Waals surface area (Å²) in [5.74, 6) is 0.187. The van der Waals surface area contributed by atoms with Crippen molar-refractivity contribution >= 4 is 51.5 Å². The third kappa shape index (κ3) is 3.61. The lowest BCUT2D eigenvalue weighted by Crippen LogP contribution is -2.40. The van der Waals surface area contributed by atoms with E-state index in [0.717, 1.165) is 24.4 Å². The summed E-state index contributed by atoms with van der Waals surface area (Å²) in [6, 6.07) is 5.42. The number of pyridine rings is 1. The number of hydrogen-bond donors (Lipinski definition) is 1. The molecule has 1 atom stereocenters. The van der Waals surface area contributed by atoms with Gasteiger partial charge in [0.15, 0.2) is 5.15 Å². The number of carbonyl (C=O) groups is 1. The van der Waals surface area contributed by atoms with Crippen molar-refractivity contribution in [3.05, 3.63) is 34.1 Å². The average Bonchev–Trinajstić information content (AvgIpc) is 2.97. The fourth-order valence-electron chi connectivity index (χ4n) is 2.63. The van der Waals surface area contributed by atoms with E-state index < -0.39 is 0 Å². The van der Waals surface area contributed by atoms with Gasteiger partial charge in [0.2, 0.25) is 5.91 Å². The second-order valence-corrected chi connectivity index (χ2v) is 6.95. The van der Waals surface area contributed by atoms with E-state index in [9.17, 15) is 10.1 Å². The molecule has 1 saturated heterocycles. The molecule has 24 heavy (non-hydrogen) atoms. The van der Waals surface area contributed by atoms with Crippen LogP contribution in [0.4, 0.5) is 10.8 Å². The van der Waals surface area contributed by atoms with Gasteiger partial charge in [0.25, 0.3) is 0 Å². The number of halogens is 2. The Balaban J connectivity index is 1.70. The molecule has 3 heterocycles. The van der Waals surface area contributed by atoms with Gasteiger partial charge in [-0.15, -0.1) is 0 Å². The maximum atomic E-state index is 12.5. The quantitative estimate of drug-likeness (QED) is 0.878. The molecule has 1 aliphatic heterocycles. The van der Waals surface area contributed by atoms with E-state index in [-0.39, 0.29) is 17.0 Å². The summed E-state index contributed by atoms with van der Waals surface area (Å²) >= 11 is 12.9. The molecule has 3 rings (SSSR count). The zero-order valence-corrected chi connectivity index (χ0v) is 14.8. The zero-order valence-electron chi connectivity index (χ0n) is 12.5. The van der Waals surface area contributed by atoms with E-state index in [1.165, 1.54) is 17.7 Å². The maximum Gasteiger partial charge on any atom is 0.230 e. The number of nitrogens with zero attached hydrogens (tertiary/aromatic N) is 4. The van der Waals surface area contributed by atoms with Gasteiger partial charge in [0.05, 0.1) is 10.9 Å². The van der Waals surface area contributed by atoms with Crippen molar-refractivity contribution in [2.24, 2.45) is 5.92 Å². The smallest absolute Gasteiger partial charge is 0.230 e. The molecule has 0 saturated carbocycles. The van der Waals surface area contributed by atoms with Crippen LogP contribution in [0.2, 0.25) is 10.2 Å². The summed E-state index contributed by atoms with van der Waals surface area (Å²) in [6.07, 6.45) is 3.12. The van der Waals surface area contributed by atoms with Crippen molar-refractivity contribution in [1.82, 2.24) is 9.36 Å². The molecule has 2 aromatic rings. The number of piperidine rings is 1. The number of carbonyl (C=O) groups excluding carboxylic acids is 1. The highest BCUT2D eigenvalue weighted by molar-refractivity contribution is 7.10. The fourth-order valence-corrected chi connectivity index (χ4v) is 3.80. The number of amides is 1. The van der Waals surface area contributed by atoms with E-state index in [1.54, 1.807) is 12.1 Å². The molecule has 0 aromatic carbocycles. The zero-order chi connectivity index (χ0) is 17.1. The Kier molecular flexibility index (Phi) is 5.19. The Bertz CT molecular complexity index is 786. The van der Waals surface area contributed by atoms with Crippen LogP contribution < -0.4 is 10.2 Å². The minimum absolute atomic E-state index is 0.0938. The molecule has 1 N–H and O–H groups in total. The van der Waals surface area contributed by atoms with E-state index in [4.69, 9.17) is 23.2 Å². The number of aromatic nitrogens is 2. The van der Waals surface area contributed by atoms with Crippen LogP contribution in [0.1, 0.15) is 18.4 Å². The number of anilines is 2. The van der Waals surface area contributed by atoms with Crippen LogP contribution in [0.3, 0.4) is 0 Å². The normalized spacial score (nSPS) is 17.4. The van der Waals surface area contributed by atoms with Crippen LogP contribution >= 0.6 is 34.7 Å². The molecule has 9 heteroatoms. The Morgan fingerprint density at radius 1 is 1.46 bits per heavy atom. The first-order chi connectivity index (χ1) is 11.6. The van der Waals surface area contributed by atoms with Gasteiger partial charge in [-0.1, -0.05) is 23.2 Å². The van der Waals surface area contributed by atoms with Crippen LogP contribution in [0.25, 0.3) is 0 Å². The number of rotatable bonds is 3. The average molecular weight is 382 g/mol. The van der Waals surface area contributed by atoms with Crippen molar-refractivity contribution < 1.29 is 4.79 Å². The van der Waals surface area contributed by atoms with Crippen molar-refractivity contribution in [2.45, 2.75) is 12.8 Å². The molecule has 1 fully saturated rings. The predicted octanol–water partition coefficient (Wildman–Crippen LogP) is 3.57. The molecule has 2 aromatic heterocycles. The summed E-state index contributed by atoms with van der Waals surface area (Å²) in [5, 5.41) is 13.5. The van der Waals surface area contributed by atoms with Gasteiger partial charge in [-0.2, -0.15) is 9.64 Å². The van der Waals surface area contributed by atoms with Crippen LogP contribution in [-0.2, 0) is 4.79 Å². The first kappa shape index (κ1) is 17.0. The summed E-state index contributed by atoms with van der Waals surface area (Å²) < 4.78 is 4.03. The highest BCUT2D eigenvalue weighted by Gasteiger charge is 2.29. The van der Waals surface area contributed by atoms with Crippen LogP contribution in [0, 0.1) is 17.2 Å². The largest absolute Gasteiger partial charge is 0.360 e. The van der Waals surface area contributed by atoms with Crippen molar-refractivity contribution in [2.75, 3.05) is 23.3 Å². The predicted molar refractivity (Wildman–Crippen MR) is 94.7 cm³/mol. The molecule has 0 spiro atoms. The van der Waals surface area contributed by atoms with Crippen LogP contribution in [0.5, 0.6) is 0 Å². The topological polar surface area (TPSA) is 81.9 Å². The molecular formula is C15H13Cl2N5OS. The van der Waals surface area contributed by atoms with Gasteiger partial charge >= 0.3 is 0 Å². The van der Waals surface area contributed by atoms with Crippen LogP contribution in [0.15, 0.2) is 18.3 Å². The van der Waals surface area contributed by atoms with Crippen molar-refractivity contribution in [3.8, 4) is 6.07 Å². The number of nitrogens with one attached hydrogen (secondary N) is 1. The fraction of sp³-hybridized carbons (Fsp3) is 0.333. The van der Waals surface area contributed by atoms with Crippen molar-refractivity contribution in [1.29, 1.82) is 5.26 Å². The molecule has 1 unspecified atom stereocenters. The summed E-state index contributed by atoms with van der Waals surface area (Å²) in [6.45, 7) is 1.29. The molecule has 0 bridgehead atoms. The standard InChI is InChI=1S/C15H13Cl2N5OS/c16-10-3-4-12(19-7-10)20-14(23)9-2-1-5-22(8-9)15-11(6-18)13(17)21-24-15/h3-4,7,9H,1-2,5,8H2,(H,19,20,23). The number of nitriles is 1. The third-order valence-electron chi connectivity index (χ3n) is 3.80. The second-order valence-electron chi connectivity index (χ2n) is 5.40. The summed E-state index contributed by atoms with van der Waals surface area (Å²) in [5.41, 5.74) is 0.377. The van der Waals surface area contributed by atoms with Gasteiger partial charge in [-0.05, 0) is 36.5 Å². The Morgan fingerprint density at radius 2 is 2.29 bits per heavy atom. The van der Waals surface area contributed by atoms with Crippen LogP contribution in [-0.4, -0.2) is 28.4 Å². The van der Waals surface area contributed by atoms with Gasteiger partial charge in [-0.25, -0.2) is 4.98 Å². The van der Waals surface area contributed by atoms with E-state index in [1.807, 2.05) is 4.90 Å². The lowest BCUT2D eigenvalue weighted by molar-refractivity contribution is -0.120. The molecule has 1 aliphatic rings. The second kappa shape index (κ2) is 7.34. The highest BCUT2D eigenvalue weighted by Crippen LogP contribution is 2.34. The Labute approximate surface area is 153 Å². The van der Waals surface area contributed by atoms with E-state index >= 15 is 0 Å². The molecule has 6 nitrogen and oxygen atoms in total. The minimum Gasteiger partial charge on any atom is -0.360 e. The lowest BCUT2D eigenvalue weighted by Gasteiger charge is -2.32. The van der Waals surface area contributed by atoms with Crippen molar-refractivity contribution in [3.63, 3.8) is 0 Å². The summed E-state index contributed by atoms with van der Waals surface area (Å²) in [4.78, 5) is 18.6. The first-order valence-corrected chi connectivity index (χ1v) is 8.84. The highest BCUT2D eigenvalue weighted by atomic mass is 35.5. The van der Waals surface area contributed by atoms with Gasteiger partial charge in [0, 0.05) is 19.3 Å². The molecular weight excluding hydrogens is 369 g/mol. The maximum absolute atomic E-state index is 12.5. The Morgan fingerprint density at radius 3 is 3.00 bits per heavy atom. The molecule has 124 valence electrons. The van der Waals surface area contributed by atoms with E-state index in [2.05, 4.69) is 20.7 Å². The molecule has 0 aliphatic carbocycles. The van der Waals surface area contributed by atoms with E-state index in [0.29, 0.717) is 22.9 Å². The monoisotopic (exact) mass is 381 g/mol. The lowest BCUT2D eigenvalue weighted by atomic mass is 9.97. The molecule has 0 radical (unpaired) electrons. The van der Waals surface area contributed by atoms with Gasteiger partial charge in [-0.3, -0.25) is 4.79 Å². The van der Waals surface area contributed by atoms with Gasteiger partial charge < -0.3 is 10.2 Å². The number of hydrogen-bond acceptors (Lipinski definition) is 6. The minimum atomic E-state index is -0.191. The summed E-state index contributed by atoms with van der Waals surface area (Å²) in [7, 11) is 0. The molecule has 1 amide bonds. The third-order valence-corrected chi connectivity index (χ3v) is 5.31. The Hall–Kier alpha value is -1.88. The SMILES string of the molecule is N#Cc1c(Cl)nsc1N1CCCC(C(=O)Nc2ccc(Cl)cn2)C1. The first-order valence-electron chi connectivity index (χ1n) is 7.31.